The zero-order valence-electron chi connectivity index (χ0n) is 9.03. The van der Waals surface area contributed by atoms with Crippen molar-refractivity contribution in [2.24, 2.45) is 5.14 Å². The molecule has 1 aromatic carbocycles. The van der Waals surface area contributed by atoms with E-state index in [1.165, 1.54) is 12.1 Å². The minimum atomic E-state index is -3.43. The van der Waals surface area contributed by atoms with Crippen LogP contribution in [0.1, 0.15) is 12.8 Å². The Morgan fingerprint density at radius 1 is 1.35 bits per heavy atom. The predicted octanol–water partition coefficient (Wildman–Crippen LogP) is 1.93. The smallest absolute Gasteiger partial charge is 0.209 e. The van der Waals surface area contributed by atoms with Gasteiger partial charge in [0.1, 0.15) is 0 Å². The third-order valence-electron chi connectivity index (χ3n) is 2.00. The van der Waals surface area contributed by atoms with Gasteiger partial charge in [-0.15, -0.1) is 0 Å². The first kappa shape index (κ1) is 14.2. The van der Waals surface area contributed by atoms with Crippen molar-refractivity contribution in [1.82, 2.24) is 0 Å². The fourth-order valence-electron chi connectivity index (χ4n) is 1.18. The summed E-state index contributed by atoms with van der Waals surface area (Å²) in [5, 5.41) is 4.82. The highest BCUT2D eigenvalue weighted by atomic mass is 35.5. The van der Waals surface area contributed by atoms with Crippen LogP contribution in [0.3, 0.4) is 0 Å². The van der Waals surface area contributed by atoms with Gasteiger partial charge in [0.15, 0.2) is 11.6 Å². The normalized spacial score (nSPS) is 11.5. The van der Waals surface area contributed by atoms with Crippen LogP contribution in [0.5, 0.6) is 5.75 Å². The second-order valence-electron chi connectivity index (χ2n) is 3.47. The lowest BCUT2D eigenvalue weighted by Gasteiger charge is -2.07. The Balaban J connectivity index is 2.34. The first-order valence-electron chi connectivity index (χ1n) is 4.97. The van der Waals surface area contributed by atoms with Crippen molar-refractivity contribution in [2.45, 2.75) is 12.8 Å². The summed E-state index contributed by atoms with van der Waals surface area (Å²) in [6.07, 6.45) is 0.851. The molecule has 17 heavy (non-hydrogen) atoms. The number of hydrogen-bond acceptors (Lipinski definition) is 3. The number of halogens is 2. The van der Waals surface area contributed by atoms with E-state index in [0.29, 0.717) is 12.8 Å². The fraction of sp³-hybridized carbons (Fsp3) is 0.400. The van der Waals surface area contributed by atoms with Crippen LogP contribution in [0.2, 0.25) is 5.02 Å². The first-order chi connectivity index (χ1) is 7.90. The lowest BCUT2D eigenvalue weighted by Crippen LogP contribution is -2.16. The molecule has 0 atom stereocenters. The molecule has 0 saturated carbocycles. The maximum absolute atomic E-state index is 13.3. The molecule has 0 unspecified atom stereocenters. The maximum Gasteiger partial charge on any atom is 0.209 e. The van der Waals surface area contributed by atoms with Crippen molar-refractivity contribution in [3.8, 4) is 5.75 Å². The van der Waals surface area contributed by atoms with Crippen LogP contribution in [0.25, 0.3) is 0 Å². The molecule has 96 valence electrons. The molecule has 0 fully saturated rings. The third-order valence-corrected chi connectivity index (χ3v) is 3.15. The Bertz CT molecular complexity index is 478. The number of benzene rings is 1. The van der Waals surface area contributed by atoms with E-state index in [1.54, 1.807) is 6.07 Å². The maximum atomic E-state index is 13.3. The summed E-state index contributed by atoms with van der Waals surface area (Å²) in [5.41, 5.74) is 0. The summed E-state index contributed by atoms with van der Waals surface area (Å²) >= 11 is 5.56. The van der Waals surface area contributed by atoms with Crippen LogP contribution in [0.15, 0.2) is 18.2 Å². The molecule has 7 heteroatoms. The van der Waals surface area contributed by atoms with Gasteiger partial charge in [0.05, 0.1) is 17.4 Å². The van der Waals surface area contributed by atoms with Crippen molar-refractivity contribution >= 4 is 21.6 Å². The van der Waals surface area contributed by atoms with Crippen LogP contribution in [-0.4, -0.2) is 20.8 Å². The Morgan fingerprint density at radius 3 is 2.71 bits per heavy atom. The number of unbranched alkanes of at least 4 members (excludes halogenated alkanes) is 1. The summed E-state index contributed by atoms with van der Waals surface area (Å²) < 4.78 is 39.7. The van der Waals surface area contributed by atoms with Crippen LogP contribution in [0.4, 0.5) is 4.39 Å². The monoisotopic (exact) mass is 281 g/mol. The number of sulfonamides is 1. The fourth-order valence-corrected chi connectivity index (χ4v) is 1.96. The van der Waals surface area contributed by atoms with Gasteiger partial charge in [-0.1, -0.05) is 17.7 Å². The molecule has 2 N–H and O–H groups in total. The van der Waals surface area contributed by atoms with Gasteiger partial charge < -0.3 is 4.74 Å². The van der Waals surface area contributed by atoms with Gasteiger partial charge in [0.25, 0.3) is 0 Å². The van der Waals surface area contributed by atoms with E-state index in [0.717, 1.165) is 0 Å². The molecule has 0 heterocycles. The lowest BCUT2D eigenvalue weighted by atomic mass is 10.3. The summed E-state index contributed by atoms with van der Waals surface area (Å²) in [6.45, 7) is 0.215. The van der Waals surface area contributed by atoms with Crippen LogP contribution < -0.4 is 9.88 Å². The molecule has 0 aromatic heterocycles. The van der Waals surface area contributed by atoms with Gasteiger partial charge >= 0.3 is 0 Å². The molecule has 0 aliphatic heterocycles. The topological polar surface area (TPSA) is 69.4 Å². The summed E-state index contributed by atoms with van der Waals surface area (Å²) in [5.74, 6) is -0.650. The van der Waals surface area contributed by atoms with Gasteiger partial charge in [-0.2, -0.15) is 0 Å². The molecule has 0 aliphatic carbocycles. The van der Waals surface area contributed by atoms with E-state index < -0.39 is 15.8 Å². The Labute approximate surface area is 105 Å². The predicted molar refractivity (Wildman–Crippen MR) is 64.1 cm³/mol. The second-order valence-corrected chi connectivity index (χ2v) is 5.62. The quantitative estimate of drug-likeness (QED) is 0.810. The molecule has 0 aliphatic rings. The van der Waals surface area contributed by atoms with E-state index in [4.69, 9.17) is 21.5 Å². The van der Waals surface area contributed by atoms with E-state index in [9.17, 15) is 12.8 Å². The van der Waals surface area contributed by atoms with Crippen molar-refractivity contribution < 1.29 is 17.5 Å². The molecule has 0 radical (unpaired) electrons. The first-order valence-corrected chi connectivity index (χ1v) is 7.07. The van der Waals surface area contributed by atoms with Gasteiger partial charge in [0.2, 0.25) is 10.0 Å². The van der Waals surface area contributed by atoms with E-state index >= 15 is 0 Å². The number of primary sulfonamides is 1. The standard InChI is InChI=1S/C10H13ClFNO3S/c11-8-4-3-5-9(10(8)12)16-6-1-2-7-17(13,14)15/h3-5H,1-2,6-7H2,(H2,13,14,15). The molecule has 4 nitrogen and oxygen atoms in total. The number of hydrogen-bond donors (Lipinski definition) is 1. The third kappa shape index (κ3) is 5.34. The highest BCUT2D eigenvalue weighted by Gasteiger charge is 2.07. The van der Waals surface area contributed by atoms with Gasteiger partial charge in [-0.25, -0.2) is 17.9 Å². The minimum Gasteiger partial charge on any atom is -0.490 e. The summed E-state index contributed by atoms with van der Waals surface area (Å²) in [6, 6.07) is 4.46. The SMILES string of the molecule is NS(=O)(=O)CCCCOc1cccc(Cl)c1F. The highest BCUT2D eigenvalue weighted by molar-refractivity contribution is 7.89. The van der Waals surface area contributed by atoms with Gasteiger partial charge in [0, 0.05) is 0 Å². The Hall–Kier alpha value is -0.850. The molecule has 1 rings (SSSR count). The molecular weight excluding hydrogens is 269 g/mol. The average molecular weight is 282 g/mol. The van der Waals surface area contributed by atoms with E-state index in [1.807, 2.05) is 0 Å². The molecule has 1 aromatic rings. The van der Waals surface area contributed by atoms with Crippen molar-refractivity contribution in [1.29, 1.82) is 0 Å². The molecule has 0 amide bonds. The zero-order valence-corrected chi connectivity index (χ0v) is 10.6. The summed E-state index contributed by atoms with van der Waals surface area (Å²) in [4.78, 5) is 0. The zero-order chi connectivity index (χ0) is 12.9. The second kappa shape index (κ2) is 6.18. The van der Waals surface area contributed by atoms with Crippen molar-refractivity contribution in [2.75, 3.05) is 12.4 Å². The Kier molecular flexibility index (Phi) is 5.17. The largest absolute Gasteiger partial charge is 0.490 e. The van der Waals surface area contributed by atoms with Crippen LogP contribution in [-0.2, 0) is 10.0 Å². The van der Waals surface area contributed by atoms with E-state index in [-0.39, 0.29) is 23.1 Å². The molecular formula is C10H13ClFNO3S. The molecule has 0 saturated heterocycles. The highest BCUT2D eigenvalue weighted by Crippen LogP contribution is 2.24. The van der Waals surface area contributed by atoms with E-state index in [2.05, 4.69) is 0 Å². The van der Waals surface area contributed by atoms with Crippen LogP contribution in [0, 0.1) is 5.82 Å². The average Bonchev–Trinajstić information content (AvgIpc) is 2.22. The molecule has 0 bridgehead atoms. The minimum absolute atomic E-state index is 0.00737. The summed E-state index contributed by atoms with van der Waals surface area (Å²) in [7, 11) is -3.43. The van der Waals surface area contributed by atoms with Crippen molar-refractivity contribution in [3.05, 3.63) is 29.0 Å². The number of ether oxygens (including phenoxy) is 1. The Morgan fingerprint density at radius 2 is 2.06 bits per heavy atom. The van der Waals surface area contributed by atoms with Crippen molar-refractivity contribution in [3.63, 3.8) is 0 Å². The number of rotatable bonds is 6. The lowest BCUT2D eigenvalue weighted by molar-refractivity contribution is 0.294. The van der Waals surface area contributed by atoms with Gasteiger partial charge in [-0.05, 0) is 25.0 Å². The molecule has 0 spiro atoms. The number of nitrogens with two attached hydrogens (primary N) is 1. The van der Waals surface area contributed by atoms with Gasteiger partial charge in [-0.3, -0.25) is 0 Å². The van der Waals surface area contributed by atoms with Crippen LogP contribution >= 0.6 is 11.6 Å².